The Hall–Kier alpha value is -0.820. The Balaban J connectivity index is 2.21. The summed E-state index contributed by atoms with van der Waals surface area (Å²) in [7, 11) is 0. The standard InChI is InChI=1S/C12H20F3NO3/c13-12(14,15)9-19-7-4-11(18)16-5-1-2-10(8-16)3-6-17/h10,17H,1-9H2. The average molecular weight is 283 g/mol. The molecule has 1 rings (SSSR count). The Bertz CT molecular complexity index is 282. The van der Waals surface area contributed by atoms with Crippen LogP contribution in [-0.2, 0) is 9.53 Å². The number of likely N-dealkylation sites (tertiary alicyclic amines) is 1. The van der Waals surface area contributed by atoms with Crippen LogP contribution in [0.15, 0.2) is 0 Å². The van der Waals surface area contributed by atoms with Gasteiger partial charge in [-0.1, -0.05) is 0 Å². The predicted octanol–water partition coefficient (Wildman–Crippen LogP) is 1.58. The molecule has 0 aromatic rings. The number of nitrogens with zero attached hydrogens (tertiary/aromatic N) is 1. The zero-order chi connectivity index (χ0) is 14.3. The number of rotatable bonds is 6. The number of aliphatic hydroxyl groups excluding tert-OH is 1. The molecule has 1 heterocycles. The van der Waals surface area contributed by atoms with Crippen molar-refractivity contribution in [3.05, 3.63) is 0 Å². The lowest BCUT2D eigenvalue weighted by atomic mass is 9.95. The molecular formula is C12H20F3NO3. The van der Waals surface area contributed by atoms with Gasteiger partial charge in [0, 0.05) is 19.7 Å². The first-order valence-corrected chi connectivity index (χ1v) is 6.45. The number of halogens is 3. The third kappa shape index (κ3) is 6.77. The van der Waals surface area contributed by atoms with Crippen LogP contribution in [-0.4, -0.2) is 55.0 Å². The van der Waals surface area contributed by atoms with Crippen molar-refractivity contribution in [2.75, 3.05) is 32.9 Å². The van der Waals surface area contributed by atoms with E-state index in [2.05, 4.69) is 4.74 Å². The van der Waals surface area contributed by atoms with Gasteiger partial charge in [0.1, 0.15) is 6.61 Å². The second-order valence-electron chi connectivity index (χ2n) is 4.78. The van der Waals surface area contributed by atoms with Crippen LogP contribution in [0, 0.1) is 5.92 Å². The number of ether oxygens (including phenoxy) is 1. The summed E-state index contributed by atoms with van der Waals surface area (Å²) in [5.41, 5.74) is 0. The van der Waals surface area contributed by atoms with E-state index in [9.17, 15) is 18.0 Å². The van der Waals surface area contributed by atoms with Crippen molar-refractivity contribution >= 4 is 5.91 Å². The summed E-state index contributed by atoms with van der Waals surface area (Å²) >= 11 is 0. The molecule has 7 heteroatoms. The van der Waals surface area contributed by atoms with Gasteiger partial charge in [-0.2, -0.15) is 13.2 Å². The van der Waals surface area contributed by atoms with Crippen LogP contribution in [0.4, 0.5) is 13.2 Å². The monoisotopic (exact) mass is 283 g/mol. The highest BCUT2D eigenvalue weighted by Gasteiger charge is 2.28. The average Bonchev–Trinajstić information content (AvgIpc) is 2.34. The molecule has 0 aromatic heterocycles. The van der Waals surface area contributed by atoms with Crippen molar-refractivity contribution in [1.82, 2.24) is 4.90 Å². The molecule has 19 heavy (non-hydrogen) atoms. The quantitative estimate of drug-likeness (QED) is 0.753. The first kappa shape index (κ1) is 16.2. The van der Waals surface area contributed by atoms with Crippen LogP contribution in [0.1, 0.15) is 25.7 Å². The van der Waals surface area contributed by atoms with E-state index in [4.69, 9.17) is 5.11 Å². The van der Waals surface area contributed by atoms with Crippen molar-refractivity contribution in [2.45, 2.75) is 31.9 Å². The summed E-state index contributed by atoms with van der Waals surface area (Å²) in [4.78, 5) is 13.4. The minimum absolute atomic E-state index is 0.0259. The number of aliphatic hydroxyl groups is 1. The fourth-order valence-corrected chi connectivity index (χ4v) is 2.22. The van der Waals surface area contributed by atoms with Crippen molar-refractivity contribution in [2.24, 2.45) is 5.92 Å². The molecule has 1 saturated heterocycles. The largest absolute Gasteiger partial charge is 0.411 e. The van der Waals surface area contributed by atoms with E-state index in [1.54, 1.807) is 4.90 Å². The maximum Gasteiger partial charge on any atom is 0.411 e. The fourth-order valence-electron chi connectivity index (χ4n) is 2.22. The topological polar surface area (TPSA) is 49.8 Å². The normalized spacial score (nSPS) is 20.6. The fraction of sp³-hybridized carbons (Fsp3) is 0.917. The van der Waals surface area contributed by atoms with Crippen molar-refractivity contribution in [3.8, 4) is 0 Å². The molecule has 1 unspecified atom stereocenters. The maximum absolute atomic E-state index is 11.8. The van der Waals surface area contributed by atoms with E-state index in [1.807, 2.05) is 0 Å². The molecule has 0 spiro atoms. The third-order valence-electron chi connectivity index (χ3n) is 3.14. The van der Waals surface area contributed by atoms with Crippen LogP contribution in [0.3, 0.4) is 0 Å². The van der Waals surface area contributed by atoms with E-state index in [0.29, 0.717) is 25.4 Å². The zero-order valence-corrected chi connectivity index (χ0v) is 10.8. The van der Waals surface area contributed by atoms with Crippen LogP contribution < -0.4 is 0 Å². The van der Waals surface area contributed by atoms with Crippen LogP contribution in [0.2, 0.25) is 0 Å². The second kappa shape index (κ2) is 7.69. The van der Waals surface area contributed by atoms with Gasteiger partial charge in [0.15, 0.2) is 0 Å². The molecule has 1 aliphatic heterocycles. The lowest BCUT2D eigenvalue weighted by Gasteiger charge is -2.32. The van der Waals surface area contributed by atoms with Gasteiger partial charge in [0.25, 0.3) is 0 Å². The summed E-state index contributed by atoms with van der Waals surface area (Å²) in [6, 6.07) is 0. The van der Waals surface area contributed by atoms with Crippen LogP contribution in [0.5, 0.6) is 0 Å². The Morgan fingerprint density at radius 1 is 1.42 bits per heavy atom. The van der Waals surface area contributed by atoms with Gasteiger partial charge in [0.05, 0.1) is 13.0 Å². The summed E-state index contributed by atoms with van der Waals surface area (Å²) in [6.45, 7) is -0.201. The Morgan fingerprint density at radius 3 is 2.79 bits per heavy atom. The van der Waals surface area contributed by atoms with Gasteiger partial charge in [-0.15, -0.1) is 0 Å². The molecule has 0 aromatic carbocycles. The van der Waals surface area contributed by atoms with Crippen LogP contribution in [0.25, 0.3) is 0 Å². The molecule has 0 bridgehead atoms. The van der Waals surface area contributed by atoms with Crippen molar-refractivity contribution in [3.63, 3.8) is 0 Å². The molecule has 1 fully saturated rings. The number of amides is 1. The van der Waals surface area contributed by atoms with Gasteiger partial charge in [-0.05, 0) is 25.2 Å². The number of piperidine rings is 1. The molecule has 1 N–H and O–H groups in total. The van der Waals surface area contributed by atoms with Crippen molar-refractivity contribution in [1.29, 1.82) is 0 Å². The molecule has 0 aliphatic carbocycles. The van der Waals surface area contributed by atoms with Crippen LogP contribution >= 0.6 is 0 Å². The zero-order valence-electron chi connectivity index (χ0n) is 10.8. The van der Waals surface area contributed by atoms with Gasteiger partial charge in [-0.3, -0.25) is 4.79 Å². The molecule has 1 aliphatic rings. The van der Waals surface area contributed by atoms with E-state index >= 15 is 0 Å². The maximum atomic E-state index is 11.8. The number of hydrogen-bond acceptors (Lipinski definition) is 3. The van der Waals surface area contributed by atoms with Gasteiger partial charge >= 0.3 is 6.18 Å². The molecule has 1 amide bonds. The minimum atomic E-state index is -4.35. The summed E-state index contributed by atoms with van der Waals surface area (Å²) in [5.74, 6) is 0.114. The number of carbonyl (C=O) groups excluding carboxylic acids is 1. The number of carbonyl (C=O) groups is 1. The first-order chi connectivity index (χ1) is 8.92. The predicted molar refractivity (Wildman–Crippen MR) is 62.5 cm³/mol. The van der Waals surface area contributed by atoms with Gasteiger partial charge in [0.2, 0.25) is 5.91 Å². The molecular weight excluding hydrogens is 263 g/mol. The lowest BCUT2D eigenvalue weighted by molar-refractivity contribution is -0.175. The van der Waals surface area contributed by atoms with Gasteiger partial charge in [-0.25, -0.2) is 0 Å². The SMILES string of the molecule is O=C(CCOCC(F)(F)F)N1CCCC(CCO)C1. The highest BCUT2D eigenvalue weighted by Crippen LogP contribution is 2.20. The van der Waals surface area contributed by atoms with Crippen molar-refractivity contribution < 1.29 is 27.8 Å². The van der Waals surface area contributed by atoms with E-state index in [0.717, 1.165) is 12.8 Å². The minimum Gasteiger partial charge on any atom is -0.396 e. The molecule has 0 saturated carbocycles. The smallest absolute Gasteiger partial charge is 0.396 e. The molecule has 0 radical (unpaired) electrons. The molecule has 112 valence electrons. The molecule has 1 atom stereocenters. The Morgan fingerprint density at radius 2 is 2.16 bits per heavy atom. The lowest BCUT2D eigenvalue weighted by Crippen LogP contribution is -2.40. The van der Waals surface area contributed by atoms with Gasteiger partial charge < -0.3 is 14.7 Å². The van der Waals surface area contributed by atoms with E-state index in [1.165, 1.54) is 0 Å². The highest BCUT2D eigenvalue weighted by molar-refractivity contribution is 5.76. The Labute approximate surface area is 110 Å². The summed E-state index contributed by atoms with van der Waals surface area (Å²) in [6.07, 6.45) is -1.86. The highest BCUT2D eigenvalue weighted by atomic mass is 19.4. The number of hydrogen-bond donors (Lipinski definition) is 1. The first-order valence-electron chi connectivity index (χ1n) is 6.45. The van der Waals surface area contributed by atoms with E-state index < -0.39 is 12.8 Å². The second-order valence-corrected chi connectivity index (χ2v) is 4.78. The van der Waals surface area contributed by atoms with E-state index in [-0.39, 0.29) is 25.5 Å². The Kier molecular flexibility index (Phi) is 6.57. The number of alkyl halides is 3. The summed E-state index contributed by atoms with van der Waals surface area (Å²) < 4.78 is 39.9. The summed E-state index contributed by atoms with van der Waals surface area (Å²) in [5, 5.41) is 8.86. The third-order valence-corrected chi connectivity index (χ3v) is 3.14. The molecule has 4 nitrogen and oxygen atoms in total.